The molecule has 0 aromatic heterocycles. The number of ether oxygens (including phenoxy) is 1. The van der Waals surface area contributed by atoms with E-state index in [-0.39, 0.29) is 6.10 Å². The quantitative estimate of drug-likeness (QED) is 0.489. The summed E-state index contributed by atoms with van der Waals surface area (Å²) in [7, 11) is 0. The van der Waals surface area contributed by atoms with Gasteiger partial charge in [0.25, 0.3) is 0 Å². The van der Waals surface area contributed by atoms with Crippen LogP contribution in [-0.4, -0.2) is 11.4 Å². The first-order chi connectivity index (χ1) is 8.79. The fourth-order valence-corrected chi connectivity index (χ4v) is 3.28. The molecule has 0 bridgehead atoms. The van der Waals surface area contributed by atoms with Crippen molar-refractivity contribution >= 4 is 31.9 Å². The van der Waals surface area contributed by atoms with Crippen LogP contribution in [0.3, 0.4) is 0 Å². The molecule has 2 rings (SSSR count). The first kappa shape index (κ1) is 14.5. The summed E-state index contributed by atoms with van der Waals surface area (Å²) in [5, 5.41) is 0.866. The van der Waals surface area contributed by atoms with Gasteiger partial charge < -0.3 is 4.74 Å². The predicted octanol–water partition coefficient (Wildman–Crippen LogP) is 5.62. The Labute approximate surface area is 127 Å². The Hall–Kier alpha value is 0.140. The van der Waals surface area contributed by atoms with Crippen molar-refractivity contribution in [2.24, 2.45) is 0 Å². The van der Waals surface area contributed by atoms with E-state index in [4.69, 9.17) is 4.74 Å². The maximum absolute atomic E-state index is 6.28. The third-order valence-electron chi connectivity index (χ3n) is 3.54. The molecule has 0 N–H and O–H groups in total. The number of benzene rings is 1. The molecule has 1 unspecified atom stereocenters. The average molecular weight is 376 g/mol. The molecule has 1 nitrogen and oxygen atoms in total. The fourth-order valence-electron chi connectivity index (χ4n) is 2.49. The van der Waals surface area contributed by atoms with Crippen molar-refractivity contribution in [2.45, 2.75) is 50.7 Å². The lowest BCUT2D eigenvalue weighted by Gasteiger charge is -2.23. The molecule has 1 aliphatic carbocycles. The largest absolute Gasteiger partial charge is 0.369 e. The molecule has 0 heterocycles. The topological polar surface area (TPSA) is 9.23 Å². The smallest absolute Gasteiger partial charge is 0.0925 e. The Morgan fingerprint density at radius 2 is 1.67 bits per heavy atom. The summed E-state index contributed by atoms with van der Waals surface area (Å²) in [6.45, 7) is 0. The van der Waals surface area contributed by atoms with Crippen LogP contribution in [0, 0.1) is 0 Å². The predicted molar refractivity (Wildman–Crippen MR) is 83.3 cm³/mol. The molecule has 1 saturated carbocycles. The minimum Gasteiger partial charge on any atom is -0.369 e. The van der Waals surface area contributed by atoms with E-state index in [2.05, 4.69) is 56.1 Å². The summed E-state index contributed by atoms with van der Waals surface area (Å²) in [5.74, 6) is 0. The van der Waals surface area contributed by atoms with Gasteiger partial charge in [0.2, 0.25) is 0 Å². The summed E-state index contributed by atoms with van der Waals surface area (Å²) in [6, 6.07) is 8.46. The molecule has 0 spiro atoms. The van der Waals surface area contributed by atoms with Crippen molar-refractivity contribution in [1.82, 2.24) is 0 Å². The lowest BCUT2D eigenvalue weighted by Crippen LogP contribution is -2.17. The van der Waals surface area contributed by atoms with Gasteiger partial charge in [0.05, 0.1) is 12.2 Å². The van der Waals surface area contributed by atoms with Gasteiger partial charge in [-0.15, -0.1) is 0 Å². The van der Waals surface area contributed by atoms with E-state index in [0.717, 1.165) is 9.80 Å². The number of alkyl halides is 1. The standard InChI is InChI=1S/C15H20Br2O/c16-11-15(12-7-9-13(17)10-8-12)18-14-5-3-1-2-4-6-14/h7-10,14-15H,1-6,11H2. The molecule has 0 saturated heterocycles. The monoisotopic (exact) mass is 374 g/mol. The summed E-state index contributed by atoms with van der Waals surface area (Å²) in [4.78, 5) is 0. The summed E-state index contributed by atoms with van der Waals surface area (Å²) < 4.78 is 7.40. The highest BCUT2D eigenvalue weighted by Crippen LogP contribution is 2.28. The minimum atomic E-state index is 0.182. The molecule has 1 fully saturated rings. The van der Waals surface area contributed by atoms with E-state index in [9.17, 15) is 0 Å². The number of hydrogen-bond acceptors (Lipinski definition) is 1. The van der Waals surface area contributed by atoms with Crippen molar-refractivity contribution < 1.29 is 4.74 Å². The van der Waals surface area contributed by atoms with E-state index in [1.807, 2.05) is 0 Å². The van der Waals surface area contributed by atoms with Crippen LogP contribution in [0.2, 0.25) is 0 Å². The number of rotatable bonds is 4. The van der Waals surface area contributed by atoms with Crippen LogP contribution in [0.1, 0.15) is 50.2 Å². The first-order valence-electron chi connectivity index (χ1n) is 6.76. The van der Waals surface area contributed by atoms with Crippen molar-refractivity contribution in [2.75, 3.05) is 5.33 Å². The number of hydrogen-bond donors (Lipinski definition) is 0. The lowest BCUT2D eigenvalue weighted by molar-refractivity contribution is -0.00791. The SMILES string of the molecule is BrCC(OC1CCCCCC1)c1ccc(Br)cc1. The van der Waals surface area contributed by atoms with Gasteiger partial charge in [0, 0.05) is 9.80 Å². The Bertz CT molecular complexity index is 342. The van der Waals surface area contributed by atoms with Crippen LogP contribution >= 0.6 is 31.9 Å². The molecule has 0 radical (unpaired) electrons. The van der Waals surface area contributed by atoms with E-state index >= 15 is 0 Å². The fraction of sp³-hybridized carbons (Fsp3) is 0.600. The van der Waals surface area contributed by atoms with Crippen LogP contribution < -0.4 is 0 Å². The maximum Gasteiger partial charge on any atom is 0.0925 e. The van der Waals surface area contributed by atoms with Crippen LogP contribution in [0.15, 0.2) is 28.7 Å². The summed E-state index contributed by atoms with van der Waals surface area (Å²) >= 11 is 7.05. The highest BCUT2D eigenvalue weighted by atomic mass is 79.9. The molecular formula is C15H20Br2O. The van der Waals surface area contributed by atoms with Gasteiger partial charge in [-0.3, -0.25) is 0 Å². The molecule has 0 amide bonds. The van der Waals surface area contributed by atoms with E-state index in [0.29, 0.717) is 6.10 Å². The van der Waals surface area contributed by atoms with Gasteiger partial charge in [-0.2, -0.15) is 0 Å². The van der Waals surface area contributed by atoms with Crippen molar-refractivity contribution in [3.63, 3.8) is 0 Å². The second kappa shape index (κ2) is 7.66. The molecule has 3 heteroatoms. The average Bonchev–Trinajstić information content (AvgIpc) is 2.66. The zero-order chi connectivity index (χ0) is 12.8. The normalized spacial score (nSPS) is 19.4. The van der Waals surface area contributed by atoms with Gasteiger partial charge in [-0.05, 0) is 30.5 Å². The minimum absolute atomic E-state index is 0.182. The molecule has 1 aromatic rings. The molecule has 100 valence electrons. The number of halogens is 2. The second-order valence-electron chi connectivity index (χ2n) is 4.94. The van der Waals surface area contributed by atoms with Crippen molar-refractivity contribution in [3.8, 4) is 0 Å². The Kier molecular flexibility index (Phi) is 6.19. The Morgan fingerprint density at radius 1 is 1.06 bits per heavy atom. The molecule has 18 heavy (non-hydrogen) atoms. The molecular weight excluding hydrogens is 356 g/mol. The van der Waals surface area contributed by atoms with E-state index < -0.39 is 0 Å². The van der Waals surface area contributed by atoms with Gasteiger partial charge in [0.15, 0.2) is 0 Å². The molecule has 1 aliphatic rings. The second-order valence-corrected chi connectivity index (χ2v) is 6.51. The van der Waals surface area contributed by atoms with E-state index in [1.165, 1.54) is 44.1 Å². The van der Waals surface area contributed by atoms with Crippen molar-refractivity contribution in [3.05, 3.63) is 34.3 Å². The summed E-state index contributed by atoms with van der Waals surface area (Å²) in [5.41, 5.74) is 1.26. The molecule has 0 aliphatic heterocycles. The Balaban J connectivity index is 1.97. The van der Waals surface area contributed by atoms with Gasteiger partial charge in [-0.1, -0.05) is 69.7 Å². The van der Waals surface area contributed by atoms with Crippen LogP contribution in [0.5, 0.6) is 0 Å². The lowest BCUT2D eigenvalue weighted by atomic mass is 10.1. The van der Waals surface area contributed by atoms with Crippen LogP contribution in [0.4, 0.5) is 0 Å². The molecule has 1 aromatic carbocycles. The highest BCUT2D eigenvalue weighted by Gasteiger charge is 2.18. The third-order valence-corrected chi connectivity index (χ3v) is 4.66. The van der Waals surface area contributed by atoms with Crippen molar-refractivity contribution in [1.29, 1.82) is 0 Å². The zero-order valence-corrected chi connectivity index (χ0v) is 13.8. The van der Waals surface area contributed by atoms with E-state index in [1.54, 1.807) is 0 Å². The third kappa shape index (κ3) is 4.36. The summed E-state index contributed by atoms with van der Waals surface area (Å²) in [6.07, 6.45) is 8.45. The molecule has 1 atom stereocenters. The van der Waals surface area contributed by atoms with Crippen LogP contribution in [-0.2, 0) is 4.74 Å². The first-order valence-corrected chi connectivity index (χ1v) is 8.68. The highest BCUT2D eigenvalue weighted by molar-refractivity contribution is 9.10. The maximum atomic E-state index is 6.28. The van der Waals surface area contributed by atoms with Gasteiger partial charge in [-0.25, -0.2) is 0 Å². The van der Waals surface area contributed by atoms with Gasteiger partial charge in [0.1, 0.15) is 0 Å². The Morgan fingerprint density at radius 3 is 2.22 bits per heavy atom. The van der Waals surface area contributed by atoms with Crippen LogP contribution in [0.25, 0.3) is 0 Å². The zero-order valence-electron chi connectivity index (χ0n) is 10.6. The van der Waals surface area contributed by atoms with Gasteiger partial charge >= 0.3 is 0 Å².